The molecule has 0 bridgehead atoms. The van der Waals surface area contributed by atoms with Crippen molar-refractivity contribution in [3.63, 3.8) is 0 Å². The largest absolute Gasteiger partial charge is 0.299 e. The fourth-order valence-electron chi connectivity index (χ4n) is 5.23. The van der Waals surface area contributed by atoms with Crippen molar-refractivity contribution in [3.8, 4) is 28.4 Å². The second-order valence-corrected chi connectivity index (χ2v) is 9.03. The van der Waals surface area contributed by atoms with E-state index in [1.165, 1.54) is 16.3 Å². The fourth-order valence-corrected chi connectivity index (χ4v) is 5.23. The maximum absolute atomic E-state index is 8.94. The third-order valence-electron chi connectivity index (χ3n) is 6.87. The molecule has 1 N–H and O–H groups in total. The van der Waals surface area contributed by atoms with E-state index in [4.69, 9.17) is 5.26 Å². The van der Waals surface area contributed by atoms with E-state index in [1.807, 2.05) is 43.5 Å². The highest BCUT2D eigenvalue weighted by atomic mass is 14.8. The number of fused-ring (bicyclic) bond motifs is 2. The van der Waals surface area contributed by atoms with E-state index in [-0.39, 0.29) is 0 Å². The molecule has 0 fully saturated rings. The number of nitriles is 1. The minimum atomic E-state index is 0.951. The molecule has 0 heterocycles. The SMILES string of the molecule is C=Cc1c(C=C)c(-c2ccc3cc(C(/C=C\C)=C/NC#N)ccc3c2)c2ccccc2c1-c1ccccc1. The number of nitrogens with one attached hydrogen (secondary N) is 1. The summed E-state index contributed by atoms with van der Waals surface area (Å²) in [7, 11) is 0. The van der Waals surface area contributed by atoms with Crippen LogP contribution in [0.2, 0.25) is 0 Å². The highest BCUT2D eigenvalue weighted by Gasteiger charge is 2.18. The van der Waals surface area contributed by atoms with Gasteiger partial charge in [-0.2, -0.15) is 5.26 Å². The molecule has 38 heavy (non-hydrogen) atoms. The first-order valence-corrected chi connectivity index (χ1v) is 12.6. The number of rotatable bonds is 7. The van der Waals surface area contributed by atoms with Gasteiger partial charge in [0.15, 0.2) is 6.19 Å². The van der Waals surface area contributed by atoms with Gasteiger partial charge >= 0.3 is 0 Å². The van der Waals surface area contributed by atoms with E-state index in [0.29, 0.717) is 0 Å². The number of nitrogens with zero attached hydrogens (tertiary/aromatic N) is 1. The highest BCUT2D eigenvalue weighted by molar-refractivity contribution is 6.12. The molecule has 5 aromatic carbocycles. The minimum Gasteiger partial charge on any atom is -0.299 e. The van der Waals surface area contributed by atoms with Crippen molar-refractivity contribution in [3.05, 3.63) is 139 Å². The Kier molecular flexibility index (Phi) is 7.02. The van der Waals surface area contributed by atoms with Gasteiger partial charge in [0.05, 0.1) is 0 Å². The average Bonchev–Trinajstić information content (AvgIpc) is 2.97. The molecule has 0 aliphatic rings. The molecule has 5 aromatic rings. The Morgan fingerprint density at radius 1 is 0.737 bits per heavy atom. The molecule has 0 aliphatic heterocycles. The molecule has 0 amide bonds. The Hall–Kier alpha value is -5.13. The molecule has 5 rings (SSSR count). The van der Waals surface area contributed by atoms with Crippen molar-refractivity contribution in [1.29, 1.82) is 5.26 Å². The monoisotopic (exact) mass is 488 g/mol. The topological polar surface area (TPSA) is 35.8 Å². The smallest absolute Gasteiger partial charge is 0.180 e. The van der Waals surface area contributed by atoms with Crippen LogP contribution in [0.15, 0.2) is 123 Å². The van der Waals surface area contributed by atoms with Crippen molar-refractivity contribution < 1.29 is 0 Å². The molecule has 0 unspecified atom stereocenters. The molecule has 0 saturated heterocycles. The van der Waals surface area contributed by atoms with Gasteiger partial charge in [0, 0.05) is 6.20 Å². The van der Waals surface area contributed by atoms with Gasteiger partial charge in [-0.15, -0.1) is 0 Å². The van der Waals surface area contributed by atoms with Gasteiger partial charge < -0.3 is 0 Å². The quantitative estimate of drug-likeness (QED) is 0.141. The minimum absolute atomic E-state index is 0.951. The van der Waals surface area contributed by atoms with Crippen LogP contribution in [0.5, 0.6) is 0 Å². The first kappa shape index (κ1) is 24.6. The summed E-state index contributed by atoms with van der Waals surface area (Å²) < 4.78 is 0. The number of benzene rings is 5. The molecule has 2 nitrogen and oxygen atoms in total. The summed E-state index contributed by atoms with van der Waals surface area (Å²) in [6, 6.07) is 32.1. The van der Waals surface area contributed by atoms with Gasteiger partial charge in [-0.05, 0) is 85.1 Å². The lowest BCUT2D eigenvalue weighted by Gasteiger charge is -2.20. The third kappa shape index (κ3) is 4.43. The lowest BCUT2D eigenvalue weighted by molar-refractivity contribution is 1.20. The lowest BCUT2D eigenvalue weighted by atomic mass is 9.83. The van der Waals surface area contributed by atoms with E-state index >= 15 is 0 Å². The van der Waals surface area contributed by atoms with Crippen molar-refractivity contribution >= 4 is 39.3 Å². The predicted molar refractivity (Wildman–Crippen MR) is 164 cm³/mol. The van der Waals surface area contributed by atoms with Gasteiger partial charge in [-0.3, -0.25) is 5.32 Å². The molecule has 182 valence electrons. The van der Waals surface area contributed by atoms with Crippen LogP contribution in [0.4, 0.5) is 0 Å². The van der Waals surface area contributed by atoms with E-state index < -0.39 is 0 Å². The summed E-state index contributed by atoms with van der Waals surface area (Å²) in [6.45, 7) is 10.4. The molecule has 0 spiro atoms. The van der Waals surface area contributed by atoms with Gasteiger partial charge in [0.25, 0.3) is 0 Å². The highest BCUT2D eigenvalue weighted by Crippen LogP contribution is 2.43. The standard InChI is InChI=1S/C36H28N2/c1-4-12-30(23-38-24-37)28-18-17-27-22-29(20-19-26(27)21-28)36-32(6-3)31(5-2)35(25-13-8-7-9-14-25)33-15-10-11-16-34(33)36/h4-23,38H,2-3H2,1H3/b12-4-,30-23+. The number of hydrogen-bond acceptors (Lipinski definition) is 2. The van der Waals surface area contributed by atoms with Crippen LogP contribution in [0.3, 0.4) is 0 Å². The van der Waals surface area contributed by atoms with Gasteiger partial charge in [-0.25, -0.2) is 0 Å². The molecular weight excluding hydrogens is 460 g/mol. The Bertz CT molecular complexity index is 1780. The van der Waals surface area contributed by atoms with E-state index in [0.717, 1.165) is 49.7 Å². The van der Waals surface area contributed by atoms with E-state index in [1.54, 1.807) is 6.20 Å². The van der Waals surface area contributed by atoms with Crippen LogP contribution in [0, 0.1) is 11.5 Å². The van der Waals surface area contributed by atoms with E-state index in [9.17, 15) is 0 Å². The molecular formula is C36H28N2. The lowest BCUT2D eigenvalue weighted by Crippen LogP contribution is -1.96. The van der Waals surface area contributed by atoms with Gasteiger partial charge in [0.1, 0.15) is 0 Å². The average molecular weight is 489 g/mol. The summed E-state index contributed by atoms with van der Waals surface area (Å²) in [5.41, 5.74) is 8.79. The Morgan fingerprint density at radius 3 is 1.97 bits per heavy atom. The van der Waals surface area contributed by atoms with Gasteiger partial charge in [0.2, 0.25) is 0 Å². The number of allylic oxidation sites excluding steroid dienone is 3. The van der Waals surface area contributed by atoms with E-state index in [2.05, 4.69) is 103 Å². The maximum Gasteiger partial charge on any atom is 0.180 e. The van der Waals surface area contributed by atoms with Crippen molar-refractivity contribution in [2.45, 2.75) is 6.92 Å². The first-order chi connectivity index (χ1) is 18.7. The zero-order valence-corrected chi connectivity index (χ0v) is 21.4. The Balaban J connectivity index is 1.75. The van der Waals surface area contributed by atoms with Crippen molar-refractivity contribution in [1.82, 2.24) is 5.32 Å². The fraction of sp³-hybridized carbons (Fsp3) is 0.0278. The van der Waals surface area contributed by atoms with Crippen LogP contribution < -0.4 is 5.32 Å². The summed E-state index contributed by atoms with van der Waals surface area (Å²) in [5, 5.41) is 16.2. The van der Waals surface area contributed by atoms with Crippen molar-refractivity contribution in [2.75, 3.05) is 0 Å². The zero-order valence-electron chi connectivity index (χ0n) is 21.4. The zero-order chi connectivity index (χ0) is 26.5. The molecule has 0 atom stereocenters. The van der Waals surface area contributed by atoms with Crippen LogP contribution in [-0.4, -0.2) is 0 Å². The van der Waals surface area contributed by atoms with Crippen LogP contribution in [0.25, 0.3) is 61.5 Å². The van der Waals surface area contributed by atoms with Crippen LogP contribution in [0.1, 0.15) is 23.6 Å². The maximum atomic E-state index is 8.94. The summed E-state index contributed by atoms with van der Waals surface area (Å²) in [6.07, 6.45) is 11.6. The summed E-state index contributed by atoms with van der Waals surface area (Å²) in [5.74, 6) is 0. The molecule has 2 heteroatoms. The molecule has 0 aromatic heterocycles. The second-order valence-electron chi connectivity index (χ2n) is 9.03. The summed E-state index contributed by atoms with van der Waals surface area (Å²) in [4.78, 5) is 0. The summed E-state index contributed by atoms with van der Waals surface area (Å²) >= 11 is 0. The Morgan fingerprint density at radius 2 is 1.34 bits per heavy atom. The predicted octanol–water partition coefficient (Wildman–Crippen LogP) is 9.60. The molecule has 0 radical (unpaired) electrons. The normalized spacial score (nSPS) is 11.5. The van der Waals surface area contributed by atoms with Crippen LogP contribution >= 0.6 is 0 Å². The first-order valence-electron chi connectivity index (χ1n) is 12.6. The van der Waals surface area contributed by atoms with Crippen LogP contribution in [-0.2, 0) is 0 Å². The molecule has 0 aliphatic carbocycles. The van der Waals surface area contributed by atoms with Crippen molar-refractivity contribution in [2.24, 2.45) is 0 Å². The number of hydrogen-bond donors (Lipinski definition) is 1. The van der Waals surface area contributed by atoms with Gasteiger partial charge in [-0.1, -0.05) is 116 Å². The second kappa shape index (κ2) is 10.9. The third-order valence-corrected chi connectivity index (χ3v) is 6.87. The molecule has 0 saturated carbocycles. The Labute approximate surface area is 224 Å².